The summed E-state index contributed by atoms with van der Waals surface area (Å²) in [6.45, 7) is 4.46. The third-order valence-electron chi connectivity index (χ3n) is 2.38. The van der Waals surface area contributed by atoms with E-state index in [9.17, 15) is 4.79 Å². The number of rotatable bonds is 7. The predicted molar refractivity (Wildman–Crippen MR) is 69.4 cm³/mol. The fourth-order valence-electron chi connectivity index (χ4n) is 1.47. The summed E-state index contributed by atoms with van der Waals surface area (Å²) >= 11 is 0. The molecule has 1 rings (SSSR count). The molecule has 0 spiro atoms. The molecule has 0 unspecified atom stereocenters. The first-order valence-corrected chi connectivity index (χ1v) is 5.51. The van der Waals surface area contributed by atoms with E-state index in [2.05, 4.69) is 11.9 Å². The minimum Gasteiger partial charge on any atom is -0.495 e. The van der Waals surface area contributed by atoms with Crippen molar-refractivity contribution >= 4 is 11.6 Å². The van der Waals surface area contributed by atoms with Gasteiger partial charge < -0.3 is 15.8 Å². The van der Waals surface area contributed by atoms with E-state index in [0.29, 0.717) is 11.3 Å². The zero-order valence-corrected chi connectivity index (χ0v) is 10.0. The summed E-state index contributed by atoms with van der Waals surface area (Å²) < 4.78 is 5.20. The highest BCUT2D eigenvalue weighted by atomic mass is 16.5. The molecule has 1 aromatic carbocycles. The second-order valence-corrected chi connectivity index (χ2v) is 3.64. The van der Waals surface area contributed by atoms with Crippen LogP contribution in [-0.4, -0.2) is 19.6 Å². The molecule has 0 radical (unpaired) electrons. The second-order valence-electron chi connectivity index (χ2n) is 3.64. The van der Waals surface area contributed by atoms with Crippen LogP contribution >= 0.6 is 0 Å². The number of methoxy groups -OCH3 is 1. The number of ether oxygens (including phenoxy) is 1. The maximum absolute atomic E-state index is 11.1. The quantitative estimate of drug-likeness (QED) is 0.561. The number of primary amides is 1. The maximum atomic E-state index is 11.1. The second kappa shape index (κ2) is 6.58. The van der Waals surface area contributed by atoms with Gasteiger partial charge in [0.1, 0.15) is 5.75 Å². The lowest BCUT2D eigenvalue weighted by molar-refractivity contribution is 0.100. The van der Waals surface area contributed by atoms with Crippen LogP contribution in [0.4, 0.5) is 5.69 Å². The fraction of sp³-hybridized carbons (Fsp3) is 0.308. The molecule has 0 atom stereocenters. The van der Waals surface area contributed by atoms with Gasteiger partial charge in [-0.05, 0) is 31.0 Å². The van der Waals surface area contributed by atoms with E-state index in [1.165, 1.54) is 0 Å². The number of benzene rings is 1. The van der Waals surface area contributed by atoms with Crippen LogP contribution in [-0.2, 0) is 0 Å². The molecule has 0 saturated heterocycles. The Kier molecular flexibility index (Phi) is 5.07. The molecule has 0 bridgehead atoms. The first kappa shape index (κ1) is 13.1. The minimum absolute atomic E-state index is 0.443. The van der Waals surface area contributed by atoms with Crippen molar-refractivity contribution in [1.29, 1.82) is 0 Å². The Morgan fingerprint density at radius 1 is 1.59 bits per heavy atom. The first-order valence-electron chi connectivity index (χ1n) is 5.51. The number of unbranched alkanes of at least 4 members (excludes halogenated alkanes) is 1. The van der Waals surface area contributed by atoms with Gasteiger partial charge >= 0.3 is 0 Å². The molecule has 0 fully saturated rings. The Bertz CT molecular complexity index is 402. The van der Waals surface area contributed by atoms with Crippen LogP contribution in [0.1, 0.15) is 23.2 Å². The smallest absolute Gasteiger partial charge is 0.248 e. The van der Waals surface area contributed by atoms with Gasteiger partial charge in [0.15, 0.2) is 0 Å². The Morgan fingerprint density at radius 3 is 2.94 bits per heavy atom. The molecule has 17 heavy (non-hydrogen) atoms. The summed E-state index contributed by atoms with van der Waals surface area (Å²) in [7, 11) is 1.59. The van der Waals surface area contributed by atoms with Crippen molar-refractivity contribution in [1.82, 2.24) is 0 Å². The molecule has 0 aromatic heterocycles. The lowest BCUT2D eigenvalue weighted by atomic mass is 10.1. The highest BCUT2D eigenvalue weighted by Gasteiger charge is 2.06. The maximum Gasteiger partial charge on any atom is 0.248 e. The molecule has 1 amide bonds. The van der Waals surface area contributed by atoms with Gasteiger partial charge in [0.25, 0.3) is 0 Å². The van der Waals surface area contributed by atoms with E-state index in [1.807, 2.05) is 6.08 Å². The van der Waals surface area contributed by atoms with Crippen LogP contribution in [0, 0.1) is 0 Å². The number of amides is 1. The van der Waals surface area contributed by atoms with E-state index in [-0.39, 0.29) is 0 Å². The molecule has 1 aromatic rings. The van der Waals surface area contributed by atoms with Crippen LogP contribution in [0.3, 0.4) is 0 Å². The number of hydrogen-bond acceptors (Lipinski definition) is 3. The zero-order valence-electron chi connectivity index (χ0n) is 10.0. The molecular weight excluding hydrogens is 216 g/mol. The van der Waals surface area contributed by atoms with Crippen molar-refractivity contribution in [3.8, 4) is 5.75 Å². The largest absolute Gasteiger partial charge is 0.495 e. The van der Waals surface area contributed by atoms with Crippen molar-refractivity contribution in [3.05, 3.63) is 36.4 Å². The van der Waals surface area contributed by atoms with Gasteiger partial charge in [-0.3, -0.25) is 4.79 Å². The molecule has 0 aliphatic carbocycles. The van der Waals surface area contributed by atoms with Gasteiger partial charge in [-0.25, -0.2) is 0 Å². The van der Waals surface area contributed by atoms with E-state index in [1.54, 1.807) is 25.3 Å². The van der Waals surface area contributed by atoms with Gasteiger partial charge in [0.05, 0.1) is 12.8 Å². The number of anilines is 1. The van der Waals surface area contributed by atoms with E-state index < -0.39 is 5.91 Å². The van der Waals surface area contributed by atoms with Crippen LogP contribution < -0.4 is 15.8 Å². The highest BCUT2D eigenvalue weighted by molar-refractivity contribution is 5.94. The fourth-order valence-corrected chi connectivity index (χ4v) is 1.47. The average Bonchev–Trinajstić information content (AvgIpc) is 2.34. The van der Waals surface area contributed by atoms with Crippen molar-refractivity contribution in [2.24, 2.45) is 5.73 Å². The number of nitrogens with one attached hydrogen (secondary N) is 1. The normalized spacial score (nSPS) is 9.71. The van der Waals surface area contributed by atoms with Crippen LogP contribution in [0.2, 0.25) is 0 Å². The monoisotopic (exact) mass is 234 g/mol. The predicted octanol–water partition coefficient (Wildman–Crippen LogP) is 2.17. The summed E-state index contributed by atoms with van der Waals surface area (Å²) in [4.78, 5) is 11.1. The highest BCUT2D eigenvalue weighted by Crippen LogP contribution is 2.25. The Balaban J connectivity index is 2.75. The summed E-state index contributed by atoms with van der Waals surface area (Å²) in [6.07, 6.45) is 3.80. The number of carbonyl (C=O) groups is 1. The van der Waals surface area contributed by atoms with Crippen molar-refractivity contribution in [2.75, 3.05) is 19.0 Å². The first-order chi connectivity index (χ1) is 8.19. The molecule has 0 saturated carbocycles. The topological polar surface area (TPSA) is 64.3 Å². The summed E-state index contributed by atoms with van der Waals surface area (Å²) in [5.74, 6) is 0.260. The Hall–Kier alpha value is -1.97. The van der Waals surface area contributed by atoms with Gasteiger partial charge in [-0.2, -0.15) is 0 Å². The zero-order chi connectivity index (χ0) is 12.7. The number of nitrogens with two attached hydrogens (primary N) is 1. The Morgan fingerprint density at radius 2 is 2.35 bits per heavy atom. The van der Waals surface area contributed by atoms with Crippen molar-refractivity contribution in [2.45, 2.75) is 12.8 Å². The van der Waals surface area contributed by atoms with Crippen LogP contribution in [0.25, 0.3) is 0 Å². The van der Waals surface area contributed by atoms with Crippen molar-refractivity contribution < 1.29 is 9.53 Å². The SMILES string of the molecule is C=CCCCNc1cc(C(N)=O)ccc1OC. The standard InChI is InChI=1S/C13H18N2O2/c1-3-4-5-8-15-11-9-10(13(14)16)6-7-12(11)17-2/h3,6-7,9,15H,1,4-5,8H2,2H3,(H2,14,16). The molecule has 0 aliphatic rings. The third-order valence-corrected chi connectivity index (χ3v) is 2.38. The molecule has 3 N–H and O–H groups in total. The molecule has 0 aliphatic heterocycles. The minimum atomic E-state index is -0.443. The van der Waals surface area contributed by atoms with Gasteiger partial charge in [-0.15, -0.1) is 6.58 Å². The molecule has 4 nitrogen and oxygen atoms in total. The molecule has 0 heterocycles. The number of carbonyl (C=O) groups excluding carboxylic acids is 1. The summed E-state index contributed by atoms with van der Waals surface area (Å²) in [5.41, 5.74) is 6.48. The lowest BCUT2D eigenvalue weighted by Crippen LogP contribution is -2.12. The van der Waals surface area contributed by atoms with E-state index in [0.717, 1.165) is 25.1 Å². The number of hydrogen-bond donors (Lipinski definition) is 2. The molecule has 4 heteroatoms. The lowest BCUT2D eigenvalue weighted by Gasteiger charge is -2.11. The summed E-state index contributed by atoms with van der Waals surface area (Å²) in [6, 6.07) is 5.08. The Labute approximate surface area is 101 Å². The van der Waals surface area contributed by atoms with Gasteiger partial charge in [0, 0.05) is 12.1 Å². The van der Waals surface area contributed by atoms with Gasteiger partial charge in [-0.1, -0.05) is 6.08 Å². The van der Waals surface area contributed by atoms with Crippen LogP contribution in [0.15, 0.2) is 30.9 Å². The average molecular weight is 234 g/mol. The van der Waals surface area contributed by atoms with Crippen molar-refractivity contribution in [3.63, 3.8) is 0 Å². The third kappa shape index (κ3) is 3.83. The van der Waals surface area contributed by atoms with E-state index >= 15 is 0 Å². The molecular formula is C13H18N2O2. The number of allylic oxidation sites excluding steroid dienone is 1. The van der Waals surface area contributed by atoms with Gasteiger partial charge in [0.2, 0.25) is 5.91 Å². The molecule has 92 valence electrons. The van der Waals surface area contributed by atoms with Crippen LogP contribution in [0.5, 0.6) is 5.75 Å². The van der Waals surface area contributed by atoms with E-state index in [4.69, 9.17) is 10.5 Å². The summed E-state index contributed by atoms with van der Waals surface area (Å²) in [5, 5.41) is 3.21.